The fourth-order valence-electron chi connectivity index (χ4n) is 1.73. The molecule has 1 aromatic carbocycles. The molecule has 0 heterocycles. The summed E-state index contributed by atoms with van der Waals surface area (Å²) in [4.78, 5) is 0. The van der Waals surface area contributed by atoms with Crippen LogP contribution in [0.5, 0.6) is 11.5 Å². The summed E-state index contributed by atoms with van der Waals surface area (Å²) in [6.07, 6.45) is -4.36. The van der Waals surface area contributed by atoms with Gasteiger partial charge in [-0.1, -0.05) is 6.92 Å². The zero-order valence-corrected chi connectivity index (χ0v) is 11.0. The van der Waals surface area contributed by atoms with Crippen molar-refractivity contribution in [2.75, 3.05) is 14.2 Å². The summed E-state index contributed by atoms with van der Waals surface area (Å²) in [5.74, 6) is -0.206. The first-order valence-electron chi connectivity index (χ1n) is 5.48. The molecule has 0 amide bonds. The quantitative estimate of drug-likeness (QED) is 0.854. The van der Waals surface area contributed by atoms with Gasteiger partial charge in [0.1, 0.15) is 17.1 Å². The minimum absolute atomic E-state index is 0.0789. The van der Waals surface area contributed by atoms with Crippen molar-refractivity contribution in [1.82, 2.24) is 0 Å². The third kappa shape index (κ3) is 4.06. The number of hydrogen-bond donors (Lipinski definition) is 1. The summed E-state index contributed by atoms with van der Waals surface area (Å²) in [6.45, 7) is 1.57. The maximum atomic E-state index is 12.8. The predicted molar refractivity (Wildman–Crippen MR) is 66.6 cm³/mol. The van der Waals surface area contributed by atoms with Crippen molar-refractivity contribution >= 4 is 7.85 Å². The summed E-state index contributed by atoms with van der Waals surface area (Å²) in [5, 5.41) is 0. The van der Waals surface area contributed by atoms with Gasteiger partial charge < -0.3 is 15.2 Å². The Morgan fingerprint density at radius 3 is 2.05 bits per heavy atom. The van der Waals surface area contributed by atoms with E-state index < -0.39 is 17.2 Å². The minimum Gasteiger partial charge on any atom is -0.496 e. The second-order valence-corrected chi connectivity index (χ2v) is 4.54. The molecule has 0 saturated carbocycles. The van der Waals surface area contributed by atoms with Gasteiger partial charge in [-0.15, -0.1) is 0 Å². The molecule has 104 valence electrons. The van der Waals surface area contributed by atoms with E-state index >= 15 is 0 Å². The van der Waals surface area contributed by atoms with Crippen molar-refractivity contribution in [1.29, 1.82) is 0 Å². The zero-order chi connectivity index (χ0) is 14.8. The number of benzene rings is 1. The number of alkyl halides is 3. The van der Waals surface area contributed by atoms with E-state index in [1.54, 1.807) is 6.92 Å². The maximum Gasteiger partial charge on any atom is 0.420 e. The average molecular weight is 273 g/mol. The van der Waals surface area contributed by atoms with Gasteiger partial charge in [0.2, 0.25) is 0 Å². The second-order valence-electron chi connectivity index (χ2n) is 4.54. The Hall–Kier alpha value is -1.37. The van der Waals surface area contributed by atoms with Crippen LogP contribution in [0, 0.1) is 0 Å². The molecule has 0 aliphatic rings. The summed E-state index contributed by atoms with van der Waals surface area (Å²) < 4.78 is 48.2. The fraction of sp³-hybridized carbons (Fsp3) is 0.500. The van der Waals surface area contributed by atoms with Crippen LogP contribution in [0.15, 0.2) is 12.1 Å². The average Bonchev–Trinajstić information content (AvgIpc) is 2.24. The monoisotopic (exact) mass is 273 g/mol. The molecule has 3 nitrogen and oxygen atoms in total. The molecule has 1 atom stereocenters. The molecule has 1 aromatic rings. The van der Waals surface area contributed by atoms with Gasteiger partial charge in [0.25, 0.3) is 0 Å². The van der Waals surface area contributed by atoms with Gasteiger partial charge in [-0.25, -0.2) is 0 Å². The highest BCUT2D eigenvalue weighted by atomic mass is 19.4. The molecule has 19 heavy (non-hydrogen) atoms. The van der Waals surface area contributed by atoms with E-state index in [0.29, 0.717) is 5.56 Å². The number of rotatable bonds is 4. The van der Waals surface area contributed by atoms with Crippen LogP contribution in [0.3, 0.4) is 0 Å². The molecule has 1 rings (SSSR count). The van der Waals surface area contributed by atoms with Crippen molar-refractivity contribution in [3.63, 3.8) is 0 Å². The zero-order valence-electron chi connectivity index (χ0n) is 11.0. The maximum absolute atomic E-state index is 12.8. The summed E-state index contributed by atoms with van der Waals surface area (Å²) in [7, 11) is 8.12. The topological polar surface area (TPSA) is 44.5 Å². The Morgan fingerprint density at radius 2 is 1.68 bits per heavy atom. The highest BCUT2D eigenvalue weighted by Crippen LogP contribution is 2.40. The lowest BCUT2D eigenvalue weighted by Crippen LogP contribution is -2.39. The number of ether oxygens (including phenoxy) is 2. The lowest BCUT2D eigenvalue weighted by atomic mass is 9.76. The van der Waals surface area contributed by atoms with E-state index in [-0.39, 0.29) is 17.9 Å². The van der Waals surface area contributed by atoms with Crippen LogP contribution in [0.1, 0.15) is 18.1 Å². The van der Waals surface area contributed by atoms with Crippen LogP contribution < -0.4 is 15.2 Å². The van der Waals surface area contributed by atoms with Gasteiger partial charge in [-0.05, 0) is 29.6 Å². The highest BCUT2D eigenvalue weighted by molar-refractivity contribution is 6.15. The summed E-state index contributed by atoms with van der Waals surface area (Å²) in [5.41, 5.74) is 4.17. The molecule has 2 radical (unpaired) electrons. The predicted octanol–water partition coefficient (Wildman–Crippen LogP) is 2.11. The SMILES string of the molecule is [B]C(C)(N)Cc1cc(OC)c(C(F)(F)F)cc1OC. The first-order valence-corrected chi connectivity index (χ1v) is 5.48. The Bertz CT molecular complexity index is 456. The number of halogens is 3. The molecule has 0 aliphatic heterocycles. The summed E-state index contributed by atoms with van der Waals surface area (Å²) in [6, 6.07) is 2.14. The van der Waals surface area contributed by atoms with E-state index in [4.69, 9.17) is 23.1 Å². The van der Waals surface area contributed by atoms with E-state index in [1.807, 2.05) is 0 Å². The Labute approximate surface area is 111 Å². The van der Waals surface area contributed by atoms with Crippen molar-refractivity contribution in [3.05, 3.63) is 23.3 Å². The first-order chi connectivity index (χ1) is 8.58. The van der Waals surface area contributed by atoms with Crippen LogP contribution >= 0.6 is 0 Å². The minimum atomic E-state index is -4.52. The fourth-order valence-corrected chi connectivity index (χ4v) is 1.73. The van der Waals surface area contributed by atoms with Gasteiger partial charge in [-0.2, -0.15) is 13.2 Å². The van der Waals surface area contributed by atoms with Crippen LogP contribution in [0.25, 0.3) is 0 Å². The van der Waals surface area contributed by atoms with Gasteiger partial charge >= 0.3 is 6.18 Å². The molecular weight excluding hydrogens is 258 g/mol. The first kappa shape index (κ1) is 15.7. The third-order valence-electron chi connectivity index (χ3n) is 2.48. The van der Waals surface area contributed by atoms with Crippen molar-refractivity contribution in [3.8, 4) is 11.5 Å². The number of hydrogen-bond acceptors (Lipinski definition) is 3. The van der Waals surface area contributed by atoms with E-state index in [9.17, 15) is 13.2 Å². The van der Waals surface area contributed by atoms with Crippen LogP contribution in [0.2, 0.25) is 0 Å². The molecule has 7 heteroatoms. The molecular formula is C12H15BF3NO2. The Kier molecular flexibility index (Phi) is 4.40. The normalized spacial score (nSPS) is 14.9. The van der Waals surface area contributed by atoms with Gasteiger partial charge in [0.05, 0.1) is 22.1 Å². The molecule has 0 aliphatic carbocycles. The van der Waals surface area contributed by atoms with E-state index in [0.717, 1.165) is 6.07 Å². The van der Waals surface area contributed by atoms with Crippen molar-refractivity contribution in [2.24, 2.45) is 5.73 Å². The number of nitrogens with two attached hydrogens (primary N) is 1. The summed E-state index contributed by atoms with van der Waals surface area (Å²) >= 11 is 0. The lowest BCUT2D eigenvalue weighted by Gasteiger charge is -2.22. The molecule has 1 unspecified atom stereocenters. The molecule has 0 bridgehead atoms. The van der Waals surface area contributed by atoms with Crippen molar-refractivity contribution < 1.29 is 22.6 Å². The van der Waals surface area contributed by atoms with Crippen LogP contribution in [-0.4, -0.2) is 27.5 Å². The van der Waals surface area contributed by atoms with E-state index in [2.05, 4.69) is 0 Å². The third-order valence-corrected chi connectivity index (χ3v) is 2.48. The van der Waals surface area contributed by atoms with Crippen LogP contribution in [-0.2, 0) is 12.6 Å². The van der Waals surface area contributed by atoms with Gasteiger partial charge in [0.15, 0.2) is 0 Å². The number of methoxy groups -OCH3 is 2. The standard InChI is InChI=1S/C12H15BF3NO2/c1-11(13,17)6-7-4-10(19-3)8(12(14,15)16)5-9(7)18-2/h4-5H,6,17H2,1-3H3. The molecule has 0 saturated heterocycles. The molecule has 0 aromatic heterocycles. The molecule has 2 N–H and O–H groups in total. The molecule has 0 spiro atoms. The van der Waals surface area contributed by atoms with E-state index in [1.165, 1.54) is 20.3 Å². The van der Waals surface area contributed by atoms with Crippen molar-refractivity contribution in [2.45, 2.75) is 25.0 Å². The second kappa shape index (κ2) is 5.32. The van der Waals surface area contributed by atoms with Gasteiger partial charge in [0, 0.05) is 0 Å². The van der Waals surface area contributed by atoms with Gasteiger partial charge in [-0.3, -0.25) is 0 Å². The Balaban J connectivity index is 3.36. The highest BCUT2D eigenvalue weighted by Gasteiger charge is 2.35. The lowest BCUT2D eigenvalue weighted by molar-refractivity contribution is -0.138. The Morgan fingerprint density at radius 1 is 1.16 bits per heavy atom. The molecule has 0 fully saturated rings. The smallest absolute Gasteiger partial charge is 0.420 e. The largest absolute Gasteiger partial charge is 0.496 e. The van der Waals surface area contributed by atoms with Crippen LogP contribution in [0.4, 0.5) is 13.2 Å².